The molecule has 3 aromatic rings. The quantitative estimate of drug-likeness (QED) is 0.552. The molecule has 162 valence electrons. The summed E-state index contributed by atoms with van der Waals surface area (Å²) >= 11 is 0. The molecule has 31 heavy (non-hydrogen) atoms. The first-order valence-corrected chi connectivity index (χ1v) is 10.4. The molecule has 0 bridgehead atoms. The van der Waals surface area contributed by atoms with Gasteiger partial charge in [-0.3, -0.25) is 4.79 Å². The molecule has 0 aliphatic heterocycles. The third-order valence-electron chi connectivity index (χ3n) is 5.83. The predicted octanol–water partition coefficient (Wildman–Crippen LogP) is 4.75. The van der Waals surface area contributed by atoms with E-state index in [1.54, 1.807) is 28.3 Å². The summed E-state index contributed by atoms with van der Waals surface area (Å²) in [6.07, 6.45) is 2.10. The summed E-state index contributed by atoms with van der Waals surface area (Å²) in [6.45, 7) is 4.21. The van der Waals surface area contributed by atoms with Crippen LogP contribution in [0.2, 0.25) is 0 Å². The van der Waals surface area contributed by atoms with Gasteiger partial charge in [0, 0.05) is 36.5 Å². The SMILES string of the molecule is COc1cc2nc(-c3ccccc3C)c(CN(C(C)=O)C3CC3)cc2c(OC)c1OC. The second-order valence-electron chi connectivity index (χ2n) is 7.90. The van der Waals surface area contributed by atoms with Gasteiger partial charge in [-0.1, -0.05) is 24.3 Å². The van der Waals surface area contributed by atoms with Crippen LogP contribution in [-0.4, -0.2) is 43.2 Å². The zero-order valence-electron chi connectivity index (χ0n) is 18.7. The van der Waals surface area contributed by atoms with Gasteiger partial charge in [-0.05, 0) is 37.0 Å². The molecule has 0 atom stereocenters. The standard InChI is InChI=1S/C25H28N2O4/c1-15-8-6-7-9-19(15)23-17(14-27(16(2)28)18-10-11-18)12-20-21(26-23)13-22(29-3)25(31-5)24(20)30-4/h6-9,12-13,18H,10-11,14H2,1-5H3. The lowest BCUT2D eigenvalue weighted by molar-refractivity contribution is -0.130. The number of ether oxygens (including phenoxy) is 3. The first kappa shape index (κ1) is 21.0. The van der Waals surface area contributed by atoms with E-state index in [0.717, 1.165) is 46.1 Å². The summed E-state index contributed by atoms with van der Waals surface area (Å²) < 4.78 is 16.8. The first-order chi connectivity index (χ1) is 15.0. The van der Waals surface area contributed by atoms with E-state index in [-0.39, 0.29) is 5.91 Å². The number of benzene rings is 2. The van der Waals surface area contributed by atoms with Gasteiger partial charge in [-0.25, -0.2) is 4.98 Å². The Hall–Kier alpha value is -3.28. The van der Waals surface area contributed by atoms with E-state index < -0.39 is 0 Å². The zero-order valence-corrected chi connectivity index (χ0v) is 18.7. The average molecular weight is 421 g/mol. The third-order valence-corrected chi connectivity index (χ3v) is 5.83. The van der Waals surface area contributed by atoms with Gasteiger partial charge in [0.15, 0.2) is 11.5 Å². The summed E-state index contributed by atoms with van der Waals surface area (Å²) in [4.78, 5) is 19.3. The van der Waals surface area contributed by atoms with Gasteiger partial charge in [0.2, 0.25) is 11.7 Å². The molecule has 0 radical (unpaired) electrons. The molecule has 1 aliphatic rings. The number of hydrogen-bond acceptors (Lipinski definition) is 5. The number of hydrogen-bond donors (Lipinski definition) is 0. The minimum absolute atomic E-state index is 0.0811. The van der Waals surface area contributed by atoms with Crippen LogP contribution in [0.25, 0.3) is 22.2 Å². The van der Waals surface area contributed by atoms with E-state index in [2.05, 4.69) is 25.1 Å². The number of carbonyl (C=O) groups excluding carboxylic acids is 1. The average Bonchev–Trinajstić information content (AvgIpc) is 3.60. The number of amides is 1. The van der Waals surface area contributed by atoms with Gasteiger partial charge in [-0.2, -0.15) is 0 Å². The molecule has 6 nitrogen and oxygen atoms in total. The number of aryl methyl sites for hydroxylation is 1. The zero-order chi connectivity index (χ0) is 22.1. The number of pyridine rings is 1. The van der Waals surface area contributed by atoms with Crippen molar-refractivity contribution in [3.63, 3.8) is 0 Å². The fourth-order valence-electron chi connectivity index (χ4n) is 4.09. The topological polar surface area (TPSA) is 60.9 Å². The maximum absolute atomic E-state index is 12.4. The maximum atomic E-state index is 12.4. The molecule has 1 amide bonds. The van der Waals surface area contributed by atoms with E-state index in [9.17, 15) is 4.79 Å². The summed E-state index contributed by atoms with van der Waals surface area (Å²) in [5.74, 6) is 1.74. The number of rotatable bonds is 7. The molecule has 0 spiro atoms. The Balaban J connectivity index is 1.98. The predicted molar refractivity (Wildman–Crippen MR) is 121 cm³/mol. The molecular weight excluding hydrogens is 392 g/mol. The Bertz CT molecular complexity index is 1140. The first-order valence-electron chi connectivity index (χ1n) is 10.4. The van der Waals surface area contributed by atoms with Crippen molar-refractivity contribution >= 4 is 16.8 Å². The van der Waals surface area contributed by atoms with Gasteiger partial charge in [-0.15, -0.1) is 0 Å². The smallest absolute Gasteiger partial charge is 0.219 e. The largest absolute Gasteiger partial charge is 0.493 e. The van der Waals surface area contributed by atoms with E-state index in [1.807, 2.05) is 23.1 Å². The highest BCUT2D eigenvalue weighted by Gasteiger charge is 2.32. The van der Waals surface area contributed by atoms with Crippen molar-refractivity contribution < 1.29 is 19.0 Å². The lowest BCUT2D eigenvalue weighted by atomic mass is 9.98. The molecule has 0 saturated heterocycles. The Morgan fingerprint density at radius 3 is 2.35 bits per heavy atom. The molecule has 1 heterocycles. The van der Waals surface area contributed by atoms with Crippen LogP contribution in [0.5, 0.6) is 17.2 Å². The van der Waals surface area contributed by atoms with Crippen molar-refractivity contribution in [1.29, 1.82) is 0 Å². The van der Waals surface area contributed by atoms with Crippen molar-refractivity contribution in [2.45, 2.75) is 39.3 Å². The number of methoxy groups -OCH3 is 3. The lowest BCUT2D eigenvalue weighted by Crippen LogP contribution is -2.30. The fraction of sp³-hybridized carbons (Fsp3) is 0.360. The second-order valence-corrected chi connectivity index (χ2v) is 7.90. The van der Waals surface area contributed by atoms with Gasteiger partial charge < -0.3 is 19.1 Å². The fourth-order valence-corrected chi connectivity index (χ4v) is 4.09. The molecule has 0 N–H and O–H groups in total. The highest BCUT2D eigenvalue weighted by molar-refractivity contribution is 5.93. The molecule has 6 heteroatoms. The van der Waals surface area contributed by atoms with Gasteiger partial charge in [0.1, 0.15) is 0 Å². The van der Waals surface area contributed by atoms with E-state index >= 15 is 0 Å². The van der Waals surface area contributed by atoms with E-state index in [1.165, 1.54) is 0 Å². The highest BCUT2D eigenvalue weighted by atomic mass is 16.5. The summed E-state index contributed by atoms with van der Waals surface area (Å²) in [5, 5.41) is 0.826. The van der Waals surface area contributed by atoms with Crippen molar-refractivity contribution in [2.75, 3.05) is 21.3 Å². The van der Waals surface area contributed by atoms with Crippen LogP contribution in [0, 0.1) is 6.92 Å². The van der Waals surface area contributed by atoms with E-state index in [0.29, 0.717) is 29.8 Å². The van der Waals surface area contributed by atoms with Crippen LogP contribution in [-0.2, 0) is 11.3 Å². The normalized spacial score (nSPS) is 13.2. The van der Waals surface area contributed by atoms with Crippen LogP contribution >= 0.6 is 0 Å². The second kappa shape index (κ2) is 8.46. The summed E-state index contributed by atoms with van der Waals surface area (Å²) in [7, 11) is 4.80. The van der Waals surface area contributed by atoms with Gasteiger partial charge >= 0.3 is 0 Å². The van der Waals surface area contributed by atoms with Gasteiger partial charge in [0.05, 0.1) is 32.5 Å². The number of aromatic nitrogens is 1. The number of carbonyl (C=O) groups is 1. The monoisotopic (exact) mass is 420 g/mol. The number of fused-ring (bicyclic) bond motifs is 1. The molecule has 1 aliphatic carbocycles. The van der Waals surface area contributed by atoms with Crippen molar-refractivity contribution in [2.24, 2.45) is 0 Å². The lowest BCUT2D eigenvalue weighted by Gasteiger charge is -2.23. The number of nitrogens with zero attached hydrogens (tertiary/aromatic N) is 2. The van der Waals surface area contributed by atoms with Crippen molar-refractivity contribution in [1.82, 2.24) is 9.88 Å². The molecule has 0 unspecified atom stereocenters. The van der Waals surface area contributed by atoms with Crippen molar-refractivity contribution in [3.05, 3.63) is 47.5 Å². The summed E-state index contributed by atoms with van der Waals surface area (Å²) in [5.41, 5.74) is 4.77. The van der Waals surface area contributed by atoms with E-state index in [4.69, 9.17) is 19.2 Å². The highest BCUT2D eigenvalue weighted by Crippen LogP contribution is 2.44. The molecule has 2 aromatic carbocycles. The molecule has 1 saturated carbocycles. The maximum Gasteiger partial charge on any atom is 0.219 e. The Labute approximate surface area is 182 Å². The Kier molecular flexibility index (Phi) is 5.72. The minimum atomic E-state index is 0.0811. The molecular formula is C25H28N2O4. The summed E-state index contributed by atoms with van der Waals surface area (Å²) in [6, 6.07) is 12.4. The third kappa shape index (κ3) is 3.90. The minimum Gasteiger partial charge on any atom is -0.493 e. The van der Waals surface area contributed by atoms with Crippen LogP contribution in [0.1, 0.15) is 30.9 Å². The Morgan fingerprint density at radius 2 is 1.77 bits per heavy atom. The Morgan fingerprint density at radius 1 is 1.06 bits per heavy atom. The van der Waals surface area contributed by atoms with Crippen LogP contribution in [0.4, 0.5) is 0 Å². The van der Waals surface area contributed by atoms with Crippen LogP contribution in [0.3, 0.4) is 0 Å². The van der Waals surface area contributed by atoms with Gasteiger partial charge in [0.25, 0.3) is 0 Å². The van der Waals surface area contributed by atoms with Crippen LogP contribution < -0.4 is 14.2 Å². The molecule has 4 rings (SSSR count). The van der Waals surface area contributed by atoms with Crippen LogP contribution in [0.15, 0.2) is 36.4 Å². The molecule has 1 fully saturated rings. The molecule has 1 aromatic heterocycles. The van der Waals surface area contributed by atoms with Crippen molar-refractivity contribution in [3.8, 4) is 28.5 Å².